The second-order valence-electron chi connectivity index (χ2n) is 4.07. The number of sulfonamides is 1. The highest BCUT2D eigenvalue weighted by molar-refractivity contribution is 7.89. The molecule has 96 valence electrons. The molecular weight excluding hydrogens is 264 g/mol. The summed E-state index contributed by atoms with van der Waals surface area (Å²) in [7, 11) is -3.66. The number of benzene rings is 1. The quantitative estimate of drug-likeness (QED) is 0.734. The van der Waals surface area contributed by atoms with Crippen LogP contribution in [0.5, 0.6) is 0 Å². The van der Waals surface area contributed by atoms with E-state index in [1.807, 2.05) is 6.07 Å². The van der Waals surface area contributed by atoms with Crippen LogP contribution in [0.4, 0.5) is 0 Å². The Morgan fingerprint density at radius 1 is 1.16 bits per heavy atom. The van der Waals surface area contributed by atoms with Gasteiger partial charge in [-0.2, -0.15) is 0 Å². The van der Waals surface area contributed by atoms with Crippen molar-refractivity contribution in [3.05, 3.63) is 42.9 Å². The van der Waals surface area contributed by atoms with Crippen LogP contribution in [-0.2, 0) is 10.0 Å². The zero-order chi connectivity index (χ0) is 13.5. The molecule has 0 aliphatic heterocycles. The highest BCUT2D eigenvalue weighted by Crippen LogP contribution is 2.23. The van der Waals surface area contributed by atoms with Crippen LogP contribution in [-0.4, -0.2) is 23.4 Å². The third-order valence-electron chi connectivity index (χ3n) is 2.79. The number of rotatable bonds is 2. The van der Waals surface area contributed by atoms with Crippen LogP contribution in [0.25, 0.3) is 22.3 Å². The number of nitrogens with one attached hydrogen (secondary N) is 1. The van der Waals surface area contributed by atoms with Crippen LogP contribution in [0, 0.1) is 0 Å². The van der Waals surface area contributed by atoms with E-state index in [9.17, 15) is 8.42 Å². The fourth-order valence-corrected chi connectivity index (χ4v) is 2.36. The number of aromatic nitrogens is 3. The summed E-state index contributed by atoms with van der Waals surface area (Å²) in [5.74, 6) is 0. The van der Waals surface area contributed by atoms with Gasteiger partial charge in [0, 0.05) is 5.69 Å². The first-order chi connectivity index (χ1) is 9.04. The largest absolute Gasteiger partial charge is 0.352 e. The Kier molecular flexibility index (Phi) is 2.58. The Balaban J connectivity index is 2.07. The van der Waals surface area contributed by atoms with E-state index in [-0.39, 0.29) is 4.90 Å². The lowest BCUT2D eigenvalue weighted by Gasteiger charge is -2.00. The van der Waals surface area contributed by atoms with Crippen molar-refractivity contribution in [3.8, 4) is 11.3 Å². The number of hydrogen-bond acceptors (Lipinski definition) is 4. The van der Waals surface area contributed by atoms with E-state index in [1.165, 1.54) is 18.5 Å². The second-order valence-corrected chi connectivity index (χ2v) is 5.64. The maximum Gasteiger partial charge on any atom is 0.238 e. The molecule has 0 fully saturated rings. The molecule has 3 aromatic rings. The molecule has 6 nitrogen and oxygen atoms in total. The molecule has 0 saturated heterocycles. The lowest BCUT2D eigenvalue weighted by molar-refractivity contribution is 0.598. The van der Waals surface area contributed by atoms with Crippen molar-refractivity contribution in [3.63, 3.8) is 0 Å². The minimum absolute atomic E-state index is 0.0900. The number of nitrogens with zero attached hydrogens (tertiary/aromatic N) is 2. The molecule has 7 heteroatoms. The molecule has 0 bridgehead atoms. The van der Waals surface area contributed by atoms with Gasteiger partial charge in [-0.15, -0.1) is 0 Å². The maximum absolute atomic E-state index is 11.2. The number of fused-ring (bicyclic) bond motifs is 1. The Bertz CT molecular complexity index is 805. The van der Waals surface area contributed by atoms with Gasteiger partial charge in [0.2, 0.25) is 10.0 Å². The molecule has 2 aromatic heterocycles. The van der Waals surface area contributed by atoms with Gasteiger partial charge < -0.3 is 4.98 Å². The van der Waals surface area contributed by atoms with Gasteiger partial charge in [-0.25, -0.2) is 23.5 Å². The number of H-pyrrole nitrogens is 1. The Labute approximate surface area is 109 Å². The summed E-state index contributed by atoms with van der Waals surface area (Å²) in [5.41, 5.74) is 3.33. The molecule has 3 N–H and O–H groups in total. The highest BCUT2D eigenvalue weighted by atomic mass is 32.2. The summed E-state index contributed by atoms with van der Waals surface area (Å²) in [6, 6.07) is 8.21. The van der Waals surface area contributed by atoms with Crippen molar-refractivity contribution in [2.45, 2.75) is 4.90 Å². The number of hydrogen-bond donors (Lipinski definition) is 2. The first-order valence-electron chi connectivity index (χ1n) is 5.46. The average molecular weight is 274 g/mol. The van der Waals surface area contributed by atoms with Crippen LogP contribution >= 0.6 is 0 Å². The van der Waals surface area contributed by atoms with E-state index in [2.05, 4.69) is 15.0 Å². The van der Waals surface area contributed by atoms with Gasteiger partial charge in [0.15, 0.2) is 0 Å². The predicted octanol–water partition coefficient (Wildman–Crippen LogP) is 1.27. The van der Waals surface area contributed by atoms with E-state index in [0.717, 1.165) is 22.3 Å². The highest BCUT2D eigenvalue weighted by Gasteiger charge is 2.08. The summed E-state index contributed by atoms with van der Waals surface area (Å²) in [6.07, 6.45) is 3.16. The van der Waals surface area contributed by atoms with Gasteiger partial charge in [0.05, 0.1) is 22.1 Å². The van der Waals surface area contributed by atoms with Crippen molar-refractivity contribution in [1.82, 2.24) is 15.0 Å². The molecule has 0 unspecified atom stereocenters. The van der Waals surface area contributed by atoms with Gasteiger partial charge in [0.1, 0.15) is 6.33 Å². The summed E-state index contributed by atoms with van der Waals surface area (Å²) >= 11 is 0. The Hall–Kier alpha value is -2.25. The van der Waals surface area contributed by atoms with Gasteiger partial charge in [-0.1, -0.05) is 12.1 Å². The fraction of sp³-hybridized carbons (Fsp3) is 0. The second kappa shape index (κ2) is 4.15. The monoisotopic (exact) mass is 274 g/mol. The molecule has 0 radical (unpaired) electrons. The molecule has 1 aromatic carbocycles. The molecule has 19 heavy (non-hydrogen) atoms. The standard InChI is InChI=1S/C12H10N4O2S/c13-19(17,18)9-3-1-8(2-4-9)10-5-11-12(16-10)6-14-7-15-11/h1-7,16H,(H2,13,17,18). The van der Waals surface area contributed by atoms with Crippen LogP contribution in [0.3, 0.4) is 0 Å². The molecular formula is C12H10N4O2S. The van der Waals surface area contributed by atoms with E-state index >= 15 is 0 Å². The van der Waals surface area contributed by atoms with Gasteiger partial charge >= 0.3 is 0 Å². The molecule has 0 spiro atoms. The molecule has 3 rings (SSSR count). The lowest BCUT2D eigenvalue weighted by atomic mass is 10.2. The third-order valence-corrected chi connectivity index (χ3v) is 3.72. The molecule has 0 amide bonds. The summed E-state index contributed by atoms with van der Waals surface area (Å²) in [5, 5.41) is 5.05. The predicted molar refractivity (Wildman–Crippen MR) is 70.7 cm³/mol. The van der Waals surface area contributed by atoms with Crippen LogP contribution in [0.2, 0.25) is 0 Å². The normalized spacial score (nSPS) is 11.8. The van der Waals surface area contributed by atoms with Crippen LogP contribution in [0.1, 0.15) is 0 Å². The zero-order valence-corrected chi connectivity index (χ0v) is 10.6. The first kappa shape index (κ1) is 11.8. The minimum Gasteiger partial charge on any atom is -0.352 e. The number of aromatic amines is 1. The van der Waals surface area contributed by atoms with Crippen molar-refractivity contribution in [1.29, 1.82) is 0 Å². The topological polar surface area (TPSA) is 102 Å². The van der Waals surface area contributed by atoms with Gasteiger partial charge in [0.25, 0.3) is 0 Å². The summed E-state index contributed by atoms with van der Waals surface area (Å²) in [4.78, 5) is 11.3. The molecule has 0 atom stereocenters. The molecule has 0 aliphatic rings. The molecule has 2 heterocycles. The summed E-state index contributed by atoms with van der Waals surface area (Å²) < 4.78 is 22.3. The van der Waals surface area contributed by atoms with Crippen molar-refractivity contribution < 1.29 is 8.42 Å². The van der Waals surface area contributed by atoms with Crippen molar-refractivity contribution in [2.24, 2.45) is 5.14 Å². The average Bonchev–Trinajstić information content (AvgIpc) is 2.81. The van der Waals surface area contributed by atoms with Crippen molar-refractivity contribution >= 4 is 21.1 Å². The fourth-order valence-electron chi connectivity index (χ4n) is 1.85. The summed E-state index contributed by atoms with van der Waals surface area (Å²) in [6.45, 7) is 0. The van der Waals surface area contributed by atoms with Gasteiger partial charge in [-0.3, -0.25) is 0 Å². The Morgan fingerprint density at radius 3 is 2.53 bits per heavy atom. The number of nitrogens with two attached hydrogens (primary N) is 1. The Morgan fingerprint density at radius 2 is 1.89 bits per heavy atom. The van der Waals surface area contributed by atoms with Crippen LogP contribution < -0.4 is 5.14 Å². The van der Waals surface area contributed by atoms with Crippen LogP contribution in [0.15, 0.2) is 47.8 Å². The lowest BCUT2D eigenvalue weighted by Crippen LogP contribution is -2.11. The van der Waals surface area contributed by atoms with E-state index in [1.54, 1.807) is 18.3 Å². The van der Waals surface area contributed by atoms with Crippen molar-refractivity contribution in [2.75, 3.05) is 0 Å². The van der Waals surface area contributed by atoms with E-state index < -0.39 is 10.0 Å². The smallest absolute Gasteiger partial charge is 0.238 e. The van der Waals surface area contributed by atoms with Gasteiger partial charge in [-0.05, 0) is 23.8 Å². The third kappa shape index (κ3) is 2.20. The molecule has 0 saturated carbocycles. The van der Waals surface area contributed by atoms with E-state index in [0.29, 0.717) is 0 Å². The molecule has 0 aliphatic carbocycles. The van der Waals surface area contributed by atoms with E-state index in [4.69, 9.17) is 5.14 Å². The zero-order valence-electron chi connectivity index (χ0n) is 9.74. The first-order valence-corrected chi connectivity index (χ1v) is 7.01. The minimum atomic E-state index is -3.66. The number of primary sulfonamides is 1. The maximum atomic E-state index is 11.2. The SMILES string of the molecule is NS(=O)(=O)c1ccc(-c2cc3ncncc3[nH]2)cc1.